The number of rotatable bonds is 8. The second kappa shape index (κ2) is 9.08. The fourth-order valence-electron chi connectivity index (χ4n) is 2.36. The Morgan fingerprint density at radius 2 is 1.74 bits per heavy atom. The van der Waals surface area contributed by atoms with Crippen LogP contribution in [-0.2, 0) is 29.1 Å². The third-order valence-electron chi connectivity index (χ3n) is 3.67. The molecule has 0 bridgehead atoms. The molecule has 2 aromatic rings. The summed E-state index contributed by atoms with van der Waals surface area (Å²) in [6.07, 6.45) is 0.535. The van der Waals surface area contributed by atoms with Gasteiger partial charge in [0, 0.05) is 13.2 Å². The molecule has 0 aromatic heterocycles. The molecule has 0 radical (unpaired) electrons. The van der Waals surface area contributed by atoms with Crippen LogP contribution in [-0.4, -0.2) is 18.6 Å². The maximum absolute atomic E-state index is 12.2. The van der Waals surface area contributed by atoms with E-state index in [2.05, 4.69) is 5.32 Å². The summed E-state index contributed by atoms with van der Waals surface area (Å²) in [5.41, 5.74) is 9.20. The van der Waals surface area contributed by atoms with Crippen molar-refractivity contribution < 1.29 is 9.53 Å². The molecule has 1 amide bonds. The van der Waals surface area contributed by atoms with E-state index in [1.54, 1.807) is 0 Å². The van der Waals surface area contributed by atoms with Crippen molar-refractivity contribution in [3.8, 4) is 0 Å². The Morgan fingerprint density at radius 3 is 2.43 bits per heavy atom. The van der Waals surface area contributed by atoms with Gasteiger partial charge in [-0.05, 0) is 30.0 Å². The van der Waals surface area contributed by atoms with Crippen molar-refractivity contribution in [2.45, 2.75) is 32.5 Å². The maximum Gasteiger partial charge on any atom is 0.237 e. The van der Waals surface area contributed by atoms with Gasteiger partial charge in [-0.25, -0.2) is 0 Å². The van der Waals surface area contributed by atoms with Gasteiger partial charge in [-0.3, -0.25) is 4.79 Å². The number of benzene rings is 2. The van der Waals surface area contributed by atoms with Crippen LogP contribution in [0.5, 0.6) is 0 Å². The first-order valence-electron chi connectivity index (χ1n) is 7.92. The van der Waals surface area contributed by atoms with Crippen LogP contribution in [0.25, 0.3) is 0 Å². The average Bonchev–Trinajstić information content (AvgIpc) is 2.59. The molecule has 2 rings (SSSR count). The molecule has 0 heterocycles. The molecule has 0 saturated heterocycles. The van der Waals surface area contributed by atoms with E-state index in [1.807, 2.05) is 61.5 Å². The van der Waals surface area contributed by atoms with Gasteiger partial charge in [0.15, 0.2) is 0 Å². The van der Waals surface area contributed by atoms with E-state index in [9.17, 15) is 4.79 Å². The molecule has 1 atom stereocenters. The summed E-state index contributed by atoms with van der Waals surface area (Å²) in [7, 11) is 0. The zero-order valence-corrected chi connectivity index (χ0v) is 13.5. The Morgan fingerprint density at radius 1 is 1.09 bits per heavy atom. The molecule has 0 spiro atoms. The molecule has 3 N–H and O–H groups in total. The number of carbonyl (C=O) groups is 1. The van der Waals surface area contributed by atoms with Crippen molar-refractivity contribution in [3.63, 3.8) is 0 Å². The lowest BCUT2D eigenvalue weighted by Crippen LogP contribution is -2.41. The van der Waals surface area contributed by atoms with Crippen LogP contribution in [0.15, 0.2) is 54.6 Å². The Bertz CT molecular complexity index is 614. The first kappa shape index (κ1) is 17.2. The Kier molecular flexibility index (Phi) is 6.78. The molecule has 0 aliphatic carbocycles. The Balaban J connectivity index is 1.89. The fourth-order valence-corrected chi connectivity index (χ4v) is 2.36. The van der Waals surface area contributed by atoms with Gasteiger partial charge in [0.25, 0.3) is 0 Å². The number of hydrogen-bond acceptors (Lipinski definition) is 3. The third-order valence-corrected chi connectivity index (χ3v) is 3.67. The molecule has 0 saturated carbocycles. The lowest BCUT2D eigenvalue weighted by molar-refractivity contribution is -0.122. The minimum Gasteiger partial charge on any atom is -0.377 e. The van der Waals surface area contributed by atoms with Crippen LogP contribution in [0.3, 0.4) is 0 Å². The van der Waals surface area contributed by atoms with Crippen LogP contribution in [0.2, 0.25) is 0 Å². The standard InChI is InChI=1S/C19H24N2O2/c1-2-23-14-17-11-7-6-10-16(17)13-21-19(22)18(20)12-15-8-4-3-5-9-15/h3-11,18H,2,12-14,20H2,1H3,(H,21,22)/t18-/m0/s1. The molecule has 2 aromatic carbocycles. The lowest BCUT2D eigenvalue weighted by atomic mass is 10.1. The summed E-state index contributed by atoms with van der Waals surface area (Å²) >= 11 is 0. The van der Waals surface area contributed by atoms with E-state index in [1.165, 1.54) is 0 Å². The highest BCUT2D eigenvalue weighted by molar-refractivity contribution is 5.81. The zero-order valence-electron chi connectivity index (χ0n) is 13.5. The molecule has 0 unspecified atom stereocenters. The van der Waals surface area contributed by atoms with Crippen LogP contribution < -0.4 is 11.1 Å². The van der Waals surface area contributed by atoms with Gasteiger partial charge in [-0.15, -0.1) is 0 Å². The van der Waals surface area contributed by atoms with Crippen molar-refractivity contribution in [1.82, 2.24) is 5.32 Å². The summed E-state index contributed by atoms with van der Waals surface area (Å²) < 4.78 is 5.46. The largest absolute Gasteiger partial charge is 0.377 e. The van der Waals surface area contributed by atoms with Crippen LogP contribution in [0, 0.1) is 0 Å². The van der Waals surface area contributed by atoms with Crippen molar-refractivity contribution >= 4 is 5.91 Å². The number of nitrogens with two attached hydrogens (primary N) is 1. The SMILES string of the molecule is CCOCc1ccccc1CNC(=O)[C@@H](N)Cc1ccccc1. The molecular weight excluding hydrogens is 288 g/mol. The van der Waals surface area contributed by atoms with Crippen LogP contribution in [0.1, 0.15) is 23.6 Å². The number of carbonyl (C=O) groups excluding carboxylic acids is 1. The quantitative estimate of drug-likeness (QED) is 0.787. The third kappa shape index (κ3) is 5.51. The predicted molar refractivity (Wildman–Crippen MR) is 91.7 cm³/mol. The molecule has 122 valence electrons. The number of hydrogen-bond donors (Lipinski definition) is 2. The second-order valence-electron chi connectivity index (χ2n) is 5.42. The Labute approximate surface area is 137 Å². The summed E-state index contributed by atoms with van der Waals surface area (Å²) in [5.74, 6) is -0.139. The predicted octanol–water partition coefficient (Wildman–Crippen LogP) is 2.41. The van der Waals surface area contributed by atoms with E-state index >= 15 is 0 Å². The van der Waals surface area contributed by atoms with Gasteiger partial charge in [-0.2, -0.15) is 0 Å². The van der Waals surface area contributed by atoms with Crippen molar-refractivity contribution in [1.29, 1.82) is 0 Å². The summed E-state index contributed by atoms with van der Waals surface area (Å²) in [6, 6.07) is 17.2. The van der Waals surface area contributed by atoms with Crippen LogP contribution in [0.4, 0.5) is 0 Å². The van der Waals surface area contributed by atoms with E-state index in [-0.39, 0.29) is 5.91 Å². The molecule has 4 heteroatoms. The second-order valence-corrected chi connectivity index (χ2v) is 5.42. The van der Waals surface area contributed by atoms with Crippen LogP contribution >= 0.6 is 0 Å². The van der Waals surface area contributed by atoms with Gasteiger partial charge in [0.1, 0.15) is 0 Å². The van der Waals surface area contributed by atoms with Crippen molar-refractivity contribution in [3.05, 3.63) is 71.3 Å². The lowest BCUT2D eigenvalue weighted by Gasteiger charge is -2.14. The minimum absolute atomic E-state index is 0.139. The molecular formula is C19H24N2O2. The topological polar surface area (TPSA) is 64.3 Å². The molecule has 0 aliphatic heterocycles. The van der Waals surface area contributed by atoms with Gasteiger partial charge in [0.2, 0.25) is 5.91 Å². The van der Waals surface area contributed by atoms with Gasteiger partial charge >= 0.3 is 0 Å². The average molecular weight is 312 g/mol. The molecule has 0 fully saturated rings. The molecule has 23 heavy (non-hydrogen) atoms. The zero-order chi connectivity index (χ0) is 16.5. The smallest absolute Gasteiger partial charge is 0.237 e. The highest BCUT2D eigenvalue weighted by Crippen LogP contribution is 2.10. The monoisotopic (exact) mass is 312 g/mol. The first-order chi connectivity index (χ1) is 11.2. The Hall–Kier alpha value is -2.17. The summed E-state index contributed by atoms with van der Waals surface area (Å²) in [5, 5.41) is 2.92. The minimum atomic E-state index is -0.545. The van der Waals surface area contributed by atoms with E-state index in [0.29, 0.717) is 26.2 Å². The van der Waals surface area contributed by atoms with Gasteiger partial charge in [-0.1, -0.05) is 54.6 Å². The van der Waals surface area contributed by atoms with E-state index < -0.39 is 6.04 Å². The van der Waals surface area contributed by atoms with Gasteiger partial charge < -0.3 is 15.8 Å². The van der Waals surface area contributed by atoms with Crippen molar-refractivity contribution in [2.75, 3.05) is 6.61 Å². The highest BCUT2D eigenvalue weighted by atomic mass is 16.5. The fraction of sp³-hybridized carbons (Fsp3) is 0.316. The van der Waals surface area contributed by atoms with Crippen molar-refractivity contribution in [2.24, 2.45) is 5.73 Å². The van der Waals surface area contributed by atoms with E-state index in [0.717, 1.165) is 16.7 Å². The molecule has 4 nitrogen and oxygen atoms in total. The summed E-state index contributed by atoms with van der Waals surface area (Å²) in [6.45, 7) is 3.65. The number of amides is 1. The van der Waals surface area contributed by atoms with E-state index in [4.69, 9.17) is 10.5 Å². The number of nitrogens with one attached hydrogen (secondary N) is 1. The van der Waals surface area contributed by atoms with Gasteiger partial charge in [0.05, 0.1) is 12.6 Å². The first-order valence-corrected chi connectivity index (χ1v) is 7.92. The maximum atomic E-state index is 12.2. The normalized spacial score (nSPS) is 11.9. The molecule has 0 aliphatic rings. The highest BCUT2D eigenvalue weighted by Gasteiger charge is 2.14. The number of ether oxygens (including phenoxy) is 1. The summed E-state index contributed by atoms with van der Waals surface area (Å²) in [4.78, 5) is 12.2.